The van der Waals surface area contributed by atoms with Crippen LogP contribution in [0.4, 0.5) is 5.69 Å². The number of allylic oxidation sites excluding steroid dienone is 1. The lowest BCUT2D eigenvalue weighted by Crippen LogP contribution is -2.25. The molecule has 152 valence electrons. The Balaban J connectivity index is 1.62. The number of nitrogens with one attached hydrogen (secondary N) is 2. The molecule has 0 atom stereocenters. The number of carbonyl (C=O) groups is 2. The van der Waals surface area contributed by atoms with Crippen LogP contribution < -0.4 is 10.6 Å². The maximum absolute atomic E-state index is 12.7. The van der Waals surface area contributed by atoms with E-state index in [-0.39, 0.29) is 23.4 Å². The van der Waals surface area contributed by atoms with E-state index < -0.39 is 0 Å². The normalized spacial score (nSPS) is 13.7. The van der Waals surface area contributed by atoms with Gasteiger partial charge in [0, 0.05) is 24.0 Å². The Morgan fingerprint density at radius 2 is 1.93 bits per heavy atom. The molecule has 1 aliphatic rings. The van der Waals surface area contributed by atoms with Crippen LogP contribution in [0.1, 0.15) is 78.3 Å². The summed E-state index contributed by atoms with van der Waals surface area (Å²) in [7, 11) is 0. The number of aromatic nitrogens is 1. The second-order valence-electron chi connectivity index (χ2n) is 7.74. The number of pyridine rings is 1. The van der Waals surface area contributed by atoms with Gasteiger partial charge in [-0.05, 0) is 61.8 Å². The summed E-state index contributed by atoms with van der Waals surface area (Å²) >= 11 is 0. The van der Waals surface area contributed by atoms with Gasteiger partial charge in [0.15, 0.2) is 0 Å². The lowest BCUT2D eigenvalue weighted by Gasteiger charge is -2.14. The maximum Gasteiger partial charge on any atom is 0.274 e. The van der Waals surface area contributed by atoms with Gasteiger partial charge in [-0.25, -0.2) is 0 Å². The smallest absolute Gasteiger partial charge is 0.274 e. The van der Waals surface area contributed by atoms with Crippen LogP contribution in [0.15, 0.2) is 54.2 Å². The van der Waals surface area contributed by atoms with Crippen molar-refractivity contribution in [3.63, 3.8) is 0 Å². The average molecular weight is 392 g/mol. The summed E-state index contributed by atoms with van der Waals surface area (Å²) < 4.78 is 0. The summed E-state index contributed by atoms with van der Waals surface area (Å²) in [6.45, 7) is 4.77. The van der Waals surface area contributed by atoms with Crippen LogP contribution in [0.2, 0.25) is 0 Å². The van der Waals surface area contributed by atoms with E-state index >= 15 is 0 Å². The first-order valence-electron chi connectivity index (χ1n) is 10.4. The minimum Gasteiger partial charge on any atom is -0.352 e. The highest BCUT2D eigenvalue weighted by molar-refractivity contribution is 6.05. The zero-order chi connectivity index (χ0) is 20.6. The molecule has 3 rings (SSSR count). The first-order valence-corrected chi connectivity index (χ1v) is 10.4. The van der Waals surface area contributed by atoms with Crippen LogP contribution in [-0.4, -0.2) is 23.3 Å². The molecule has 2 N–H and O–H groups in total. The van der Waals surface area contributed by atoms with Crippen molar-refractivity contribution < 1.29 is 9.59 Å². The zero-order valence-electron chi connectivity index (χ0n) is 17.2. The van der Waals surface area contributed by atoms with Crippen molar-refractivity contribution in [3.8, 4) is 0 Å². The number of benzene rings is 1. The molecule has 5 nitrogen and oxygen atoms in total. The van der Waals surface area contributed by atoms with E-state index in [1.807, 2.05) is 24.3 Å². The molecule has 1 aromatic heterocycles. The van der Waals surface area contributed by atoms with Gasteiger partial charge in [0.05, 0.1) is 0 Å². The van der Waals surface area contributed by atoms with Crippen molar-refractivity contribution in [2.24, 2.45) is 0 Å². The second kappa shape index (κ2) is 10.0. The highest BCUT2D eigenvalue weighted by Crippen LogP contribution is 2.24. The fourth-order valence-corrected chi connectivity index (χ4v) is 3.57. The fourth-order valence-electron chi connectivity index (χ4n) is 3.57. The monoisotopic (exact) mass is 391 g/mol. The lowest BCUT2D eigenvalue weighted by molar-refractivity contribution is 0.0954. The third-order valence-corrected chi connectivity index (χ3v) is 5.20. The Morgan fingerprint density at radius 1 is 1.10 bits per heavy atom. The number of para-hydroxylation sites is 1. The molecule has 0 bridgehead atoms. The fraction of sp³-hybridized carbons (Fsp3) is 0.375. The molecule has 0 unspecified atom stereocenters. The van der Waals surface area contributed by atoms with Crippen molar-refractivity contribution in [3.05, 3.63) is 71.1 Å². The van der Waals surface area contributed by atoms with Crippen LogP contribution in [0.5, 0.6) is 0 Å². The largest absolute Gasteiger partial charge is 0.352 e. The van der Waals surface area contributed by atoms with Crippen LogP contribution in [0.25, 0.3) is 0 Å². The Morgan fingerprint density at radius 3 is 2.69 bits per heavy atom. The average Bonchev–Trinajstić information content (AvgIpc) is 2.74. The zero-order valence-corrected chi connectivity index (χ0v) is 17.2. The van der Waals surface area contributed by atoms with Gasteiger partial charge in [-0.3, -0.25) is 14.6 Å². The molecule has 1 heterocycles. The first kappa shape index (κ1) is 20.8. The van der Waals surface area contributed by atoms with Gasteiger partial charge in [-0.15, -0.1) is 0 Å². The Kier molecular flexibility index (Phi) is 7.17. The molecule has 5 heteroatoms. The van der Waals surface area contributed by atoms with Crippen LogP contribution >= 0.6 is 0 Å². The SMILES string of the molecule is CC(C)c1ccccc1NC(=O)c1cc(C(=O)NCCC2=CCCCC2)ccn1. The molecule has 0 saturated carbocycles. The quantitative estimate of drug-likeness (QED) is 0.647. The summed E-state index contributed by atoms with van der Waals surface area (Å²) in [4.78, 5) is 29.3. The van der Waals surface area contributed by atoms with E-state index in [1.165, 1.54) is 24.6 Å². The Labute approximate surface area is 172 Å². The molecular weight excluding hydrogens is 362 g/mol. The molecule has 0 radical (unpaired) electrons. The molecule has 29 heavy (non-hydrogen) atoms. The number of hydrogen-bond acceptors (Lipinski definition) is 3. The van der Waals surface area contributed by atoms with Crippen molar-refractivity contribution >= 4 is 17.5 Å². The second-order valence-corrected chi connectivity index (χ2v) is 7.74. The molecule has 0 spiro atoms. The molecule has 1 aromatic carbocycles. The number of nitrogens with zero attached hydrogens (tertiary/aromatic N) is 1. The van der Waals surface area contributed by atoms with E-state index in [4.69, 9.17) is 0 Å². The standard InChI is InChI=1S/C24H29N3O2/c1-17(2)20-10-6-7-11-21(20)27-24(29)22-16-19(13-15-25-22)23(28)26-14-12-18-8-4-3-5-9-18/h6-8,10-11,13,15-17H,3-5,9,12,14H2,1-2H3,(H,26,28)(H,27,29). The van der Waals surface area contributed by atoms with Crippen LogP contribution in [0, 0.1) is 0 Å². The van der Waals surface area contributed by atoms with E-state index in [9.17, 15) is 9.59 Å². The molecule has 2 amide bonds. The number of anilines is 1. The van der Waals surface area contributed by atoms with Crippen LogP contribution in [-0.2, 0) is 0 Å². The summed E-state index contributed by atoms with van der Waals surface area (Å²) in [6.07, 6.45) is 9.46. The number of carbonyl (C=O) groups excluding carboxylic acids is 2. The van der Waals surface area contributed by atoms with Crippen LogP contribution in [0.3, 0.4) is 0 Å². The minimum atomic E-state index is -0.319. The number of rotatable bonds is 7. The predicted molar refractivity (Wildman–Crippen MR) is 116 cm³/mol. The van der Waals surface area contributed by atoms with Gasteiger partial charge < -0.3 is 10.6 Å². The highest BCUT2D eigenvalue weighted by atomic mass is 16.2. The van der Waals surface area contributed by atoms with E-state index in [0.717, 1.165) is 30.5 Å². The molecule has 0 aliphatic heterocycles. The van der Waals surface area contributed by atoms with Crippen molar-refractivity contribution in [1.82, 2.24) is 10.3 Å². The number of amides is 2. The molecule has 0 saturated heterocycles. The maximum atomic E-state index is 12.7. The third kappa shape index (κ3) is 5.76. The molecule has 0 fully saturated rings. The van der Waals surface area contributed by atoms with E-state index in [0.29, 0.717) is 12.1 Å². The summed E-state index contributed by atoms with van der Waals surface area (Å²) in [5.41, 5.74) is 3.93. The topological polar surface area (TPSA) is 71.1 Å². The Hall–Kier alpha value is -2.95. The molecule has 2 aromatic rings. The van der Waals surface area contributed by atoms with Crippen molar-refractivity contribution in [1.29, 1.82) is 0 Å². The van der Waals surface area contributed by atoms with Gasteiger partial charge in [-0.2, -0.15) is 0 Å². The Bertz CT molecular complexity index is 903. The van der Waals surface area contributed by atoms with E-state index in [2.05, 4.69) is 35.5 Å². The van der Waals surface area contributed by atoms with Gasteiger partial charge >= 0.3 is 0 Å². The summed E-state index contributed by atoms with van der Waals surface area (Å²) in [6, 6.07) is 10.9. The highest BCUT2D eigenvalue weighted by Gasteiger charge is 2.14. The van der Waals surface area contributed by atoms with Crippen molar-refractivity contribution in [2.45, 2.75) is 51.9 Å². The number of hydrogen-bond donors (Lipinski definition) is 2. The third-order valence-electron chi connectivity index (χ3n) is 5.20. The summed E-state index contributed by atoms with van der Waals surface area (Å²) in [5.74, 6) is -0.212. The van der Waals surface area contributed by atoms with Gasteiger partial charge in [-0.1, -0.05) is 43.7 Å². The predicted octanol–water partition coefficient (Wildman–Crippen LogP) is 5.08. The van der Waals surface area contributed by atoms with Gasteiger partial charge in [0.25, 0.3) is 11.8 Å². The summed E-state index contributed by atoms with van der Waals surface area (Å²) in [5, 5.41) is 5.87. The van der Waals surface area contributed by atoms with Gasteiger partial charge in [0.1, 0.15) is 5.69 Å². The van der Waals surface area contributed by atoms with E-state index in [1.54, 1.807) is 12.1 Å². The van der Waals surface area contributed by atoms with Gasteiger partial charge in [0.2, 0.25) is 0 Å². The molecular formula is C24H29N3O2. The lowest BCUT2D eigenvalue weighted by atomic mass is 9.97. The minimum absolute atomic E-state index is 0.180. The molecule has 1 aliphatic carbocycles. The first-order chi connectivity index (χ1) is 14.0. The van der Waals surface area contributed by atoms with Crippen molar-refractivity contribution in [2.75, 3.05) is 11.9 Å².